The lowest BCUT2D eigenvalue weighted by molar-refractivity contribution is 0.0921. The Bertz CT molecular complexity index is 863. The summed E-state index contributed by atoms with van der Waals surface area (Å²) in [6, 6.07) is 7.91. The van der Waals surface area contributed by atoms with Crippen LogP contribution in [0.15, 0.2) is 36.5 Å². The van der Waals surface area contributed by atoms with Crippen LogP contribution in [0.3, 0.4) is 0 Å². The van der Waals surface area contributed by atoms with E-state index >= 15 is 0 Å². The maximum Gasteiger partial charge on any atom is 0.267 e. The molecule has 1 aromatic carbocycles. The van der Waals surface area contributed by atoms with Crippen LogP contribution in [0, 0.1) is 6.92 Å². The number of ether oxygens (including phenoxy) is 1. The van der Waals surface area contributed by atoms with E-state index in [2.05, 4.69) is 10.3 Å². The van der Waals surface area contributed by atoms with E-state index in [-0.39, 0.29) is 22.9 Å². The van der Waals surface area contributed by atoms with Gasteiger partial charge in [-0.1, -0.05) is 0 Å². The van der Waals surface area contributed by atoms with Crippen molar-refractivity contribution < 1.29 is 19.1 Å². The van der Waals surface area contributed by atoms with Crippen LogP contribution in [0.5, 0.6) is 0 Å². The molecule has 0 unspecified atom stereocenters. The smallest absolute Gasteiger partial charge is 0.267 e. The molecule has 1 N–H and O–H groups in total. The molecular weight excluding hydrogens is 322 g/mol. The lowest BCUT2D eigenvalue weighted by atomic mass is 10.1. The standard InChI is InChI=1S/C18H17N3O4/c1-11-5-6-19-15(9-11)21-17(23)13-4-3-12(10-14(13)18(21)24)16(22)20-7-8-25-2/h3-6,9-10H,7-8H2,1-2H3,(H,20,22). The van der Waals surface area contributed by atoms with Crippen molar-refractivity contribution in [2.45, 2.75) is 6.92 Å². The molecule has 0 saturated carbocycles. The highest BCUT2D eigenvalue weighted by Gasteiger charge is 2.37. The van der Waals surface area contributed by atoms with Crippen molar-refractivity contribution in [3.05, 3.63) is 58.8 Å². The first-order chi connectivity index (χ1) is 12.0. The third-order valence-electron chi connectivity index (χ3n) is 3.87. The van der Waals surface area contributed by atoms with Gasteiger partial charge in [-0.25, -0.2) is 9.88 Å². The van der Waals surface area contributed by atoms with Crippen LogP contribution >= 0.6 is 0 Å². The van der Waals surface area contributed by atoms with Crippen LogP contribution in [0.25, 0.3) is 0 Å². The number of pyridine rings is 1. The number of aryl methyl sites for hydroxylation is 1. The number of nitrogens with zero attached hydrogens (tertiary/aromatic N) is 2. The first kappa shape index (κ1) is 16.8. The molecule has 1 aromatic heterocycles. The van der Waals surface area contributed by atoms with Gasteiger partial charge in [-0.3, -0.25) is 14.4 Å². The van der Waals surface area contributed by atoms with Crippen molar-refractivity contribution in [1.29, 1.82) is 0 Å². The molecule has 128 valence electrons. The number of hydrogen-bond donors (Lipinski definition) is 1. The van der Waals surface area contributed by atoms with Crippen molar-refractivity contribution in [2.75, 3.05) is 25.2 Å². The first-order valence-corrected chi connectivity index (χ1v) is 7.75. The third-order valence-corrected chi connectivity index (χ3v) is 3.87. The van der Waals surface area contributed by atoms with E-state index < -0.39 is 11.8 Å². The second kappa shape index (κ2) is 6.82. The van der Waals surface area contributed by atoms with Gasteiger partial charge in [-0.2, -0.15) is 0 Å². The molecule has 1 aliphatic heterocycles. The number of aromatic nitrogens is 1. The van der Waals surface area contributed by atoms with Crippen LogP contribution in [-0.2, 0) is 4.74 Å². The number of amides is 3. The molecule has 7 heteroatoms. The molecule has 25 heavy (non-hydrogen) atoms. The third kappa shape index (κ3) is 3.14. The summed E-state index contributed by atoms with van der Waals surface area (Å²) in [5.74, 6) is -0.974. The van der Waals surface area contributed by atoms with E-state index in [1.807, 2.05) is 6.92 Å². The normalized spacial score (nSPS) is 13.1. The maximum atomic E-state index is 12.7. The highest BCUT2D eigenvalue weighted by atomic mass is 16.5. The summed E-state index contributed by atoms with van der Waals surface area (Å²) in [4.78, 5) is 42.5. The summed E-state index contributed by atoms with van der Waals surface area (Å²) in [7, 11) is 1.54. The topological polar surface area (TPSA) is 88.6 Å². The number of methoxy groups -OCH3 is 1. The van der Waals surface area contributed by atoms with Crippen LogP contribution in [0.4, 0.5) is 5.82 Å². The fraction of sp³-hybridized carbons (Fsp3) is 0.222. The molecule has 0 atom stereocenters. The number of nitrogens with one attached hydrogen (secondary N) is 1. The molecule has 0 radical (unpaired) electrons. The van der Waals surface area contributed by atoms with Crippen molar-refractivity contribution in [2.24, 2.45) is 0 Å². The van der Waals surface area contributed by atoms with Crippen molar-refractivity contribution >= 4 is 23.5 Å². The summed E-state index contributed by atoms with van der Waals surface area (Å²) in [6.07, 6.45) is 1.54. The summed E-state index contributed by atoms with van der Waals surface area (Å²) >= 11 is 0. The van der Waals surface area contributed by atoms with Gasteiger partial charge < -0.3 is 10.1 Å². The van der Waals surface area contributed by atoms with Crippen LogP contribution in [-0.4, -0.2) is 43.0 Å². The molecule has 7 nitrogen and oxygen atoms in total. The van der Waals surface area contributed by atoms with Crippen molar-refractivity contribution in [1.82, 2.24) is 10.3 Å². The van der Waals surface area contributed by atoms with Gasteiger partial charge in [0.15, 0.2) is 0 Å². The van der Waals surface area contributed by atoms with E-state index in [1.165, 1.54) is 18.2 Å². The maximum absolute atomic E-state index is 12.7. The van der Waals surface area contributed by atoms with Gasteiger partial charge in [0.1, 0.15) is 5.82 Å². The molecule has 2 heterocycles. The fourth-order valence-electron chi connectivity index (χ4n) is 2.60. The van der Waals surface area contributed by atoms with Gasteiger partial charge in [-0.05, 0) is 42.8 Å². The number of carbonyl (C=O) groups excluding carboxylic acids is 3. The highest BCUT2D eigenvalue weighted by molar-refractivity contribution is 6.34. The fourth-order valence-corrected chi connectivity index (χ4v) is 2.60. The van der Waals surface area contributed by atoms with Gasteiger partial charge in [0.25, 0.3) is 17.7 Å². The Morgan fingerprint density at radius 3 is 2.64 bits per heavy atom. The molecular formula is C18H17N3O4. The average molecular weight is 339 g/mol. The lowest BCUT2D eigenvalue weighted by Crippen LogP contribution is -2.30. The Morgan fingerprint density at radius 2 is 1.92 bits per heavy atom. The minimum atomic E-state index is -0.482. The zero-order valence-corrected chi connectivity index (χ0v) is 13.9. The predicted molar refractivity (Wildman–Crippen MR) is 90.8 cm³/mol. The first-order valence-electron chi connectivity index (χ1n) is 7.75. The van der Waals surface area contributed by atoms with Gasteiger partial charge in [-0.15, -0.1) is 0 Å². The zero-order valence-electron chi connectivity index (χ0n) is 13.9. The second-order valence-corrected chi connectivity index (χ2v) is 5.65. The Hall–Kier alpha value is -3.06. The molecule has 0 fully saturated rings. The van der Waals surface area contributed by atoms with E-state index in [1.54, 1.807) is 25.4 Å². The minimum Gasteiger partial charge on any atom is -0.383 e. The Kier molecular flexibility index (Phi) is 4.58. The second-order valence-electron chi connectivity index (χ2n) is 5.65. The van der Waals surface area contributed by atoms with E-state index in [4.69, 9.17) is 4.74 Å². The van der Waals surface area contributed by atoms with Crippen LogP contribution in [0.1, 0.15) is 36.6 Å². The molecule has 0 saturated heterocycles. The SMILES string of the molecule is COCCNC(=O)c1ccc2c(c1)C(=O)N(c1cc(C)ccn1)C2=O. The van der Waals surface area contributed by atoms with Gasteiger partial charge in [0, 0.05) is 25.4 Å². The predicted octanol–water partition coefficient (Wildman–Crippen LogP) is 1.57. The Labute approximate surface area is 144 Å². The monoisotopic (exact) mass is 339 g/mol. The molecule has 0 aliphatic carbocycles. The van der Waals surface area contributed by atoms with Gasteiger partial charge in [0.05, 0.1) is 17.7 Å². The number of carbonyl (C=O) groups is 3. The van der Waals surface area contributed by atoms with E-state index in [0.29, 0.717) is 18.7 Å². The molecule has 0 bridgehead atoms. The largest absolute Gasteiger partial charge is 0.383 e. The van der Waals surface area contributed by atoms with Gasteiger partial charge in [0.2, 0.25) is 0 Å². The van der Waals surface area contributed by atoms with E-state index in [9.17, 15) is 14.4 Å². The quantitative estimate of drug-likeness (QED) is 0.660. The molecule has 1 aliphatic rings. The minimum absolute atomic E-state index is 0.202. The summed E-state index contributed by atoms with van der Waals surface area (Å²) in [6.45, 7) is 2.60. The zero-order chi connectivity index (χ0) is 18.0. The highest BCUT2D eigenvalue weighted by Crippen LogP contribution is 2.28. The summed E-state index contributed by atoms with van der Waals surface area (Å²) in [5.41, 5.74) is 1.67. The van der Waals surface area contributed by atoms with Crippen molar-refractivity contribution in [3.63, 3.8) is 0 Å². The number of hydrogen-bond acceptors (Lipinski definition) is 5. The summed E-state index contributed by atoms with van der Waals surface area (Å²) < 4.78 is 4.88. The number of fused-ring (bicyclic) bond motifs is 1. The molecule has 3 rings (SSSR count). The average Bonchev–Trinajstić information content (AvgIpc) is 2.85. The summed E-state index contributed by atoms with van der Waals surface area (Å²) in [5, 5.41) is 2.68. The van der Waals surface area contributed by atoms with Crippen molar-refractivity contribution in [3.8, 4) is 0 Å². The van der Waals surface area contributed by atoms with Crippen LogP contribution in [0.2, 0.25) is 0 Å². The Morgan fingerprint density at radius 1 is 1.16 bits per heavy atom. The van der Waals surface area contributed by atoms with Crippen LogP contribution < -0.4 is 10.2 Å². The van der Waals surface area contributed by atoms with Gasteiger partial charge >= 0.3 is 0 Å². The van der Waals surface area contributed by atoms with E-state index in [0.717, 1.165) is 10.5 Å². The molecule has 2 aromatic rings. The molecule has 3 amide bonds. The number of anilines is 1. The number of benzene rings is 1. The molecule has 0 spiro atoms. The Balaban J connectivity index is 1.89. The lowest BCUT2D eigenvalue weighted by Gasteiger charge is -2.12. The number of rotatable bonds is 5. The number of imide groups is 1.